The van der Waals surface area contributed by atoms with Crippen LogP contribution in [0.15, 0.2) is 11.4 Å². The Kier molecular flexibility index (Phi) is 4.11. The highest BCUT2D eigenvalue weighted by Crippen LogP contribution is 2.21. The zero-order valence-corrected chi connectivity index (χ0v) is 12.8. The Morgan fingerprint density at radius 1 is 1.37 bits per heavy atom. The van der Waals surface area contributed by atoms with Crippen molar-refractivity contribution >= 4 is 34.4 Å². The molecule has 3 N–H and O–H groups in total. The molecule has 0 bridgehead atoms. The summed E-state index contributed by atoms with van der Waals surface area (Å²) < 4.78 is 0. The Bertz CT molecular complexity index is 619. The standard InChI is InChI=1S/C13H16N4S2/c1-7-4-5-19-10(7)6-15-13-11(12(14)18)8(2)9(3)16-17-13/h4-5H,6H2,1-3H3,(H2,14,18)(H,15,17). The first-order valence-corrected chi connectivity index (χ1v) is 7.20. The quantitative estimate of drug-likeness (QED) is 0.848. The molecule has 0 aliphatic heterocycles. The maximum atomic E-state index is 5.79. The van der Waals surface area contributed by atoms with Gasteiger partial charge < -0.3 is 11.1 Å². The average Bonchev–Trinajstić information content (AvgIpc) is 2.76. The lowest BCUT2D eigenvalue weighted by Crippen LogP contribution is -2.18. The fourth-order valence-electron chi connectivity index (χ4n) is 1.78. The summed E-state index contributed by atoms with van der Waals surface area (Å²) >= 11 is 6.82. The van der Waals surface area contributed by atoms with Gasteiger partial charge in [-0.2, -0.15) is 5.10 Å². The minimum absolute atomic E-state index is 0.348. The Hall–Kier alpha value is -1.53. The number of aryl methyl sites for hydroxylation is 2. The van der Waals surface area contributed by atoms with Gasteiger partial charge in [0.15, 0.2) is 5.82 Å². The van der Waals surface area contributed by atoms with E-state index >= 15 is 0 Å². The molecule has 0 aromatic carbocycles. The number of rotatable bonds is 4. The van der Waals surface area contributed by atoms with Gasteiger partial charge in [-0.3, -0.25) is 0 Å². The maximum absolute atomic E-state index is 5.79. The molecule has 0 atom stereocenters. The number of aromatic nitrogens is 2. The van der Waals surface area contributed by atoms with Crippen molar-refractivity contribution in [3.63, 3.8) is 0 Å². The molecule has 2 aromatic heterocycles. The van der Waals surface area contributed by atoms with Gasteiger partial charge in [0.1, 0.15) is 4.99 Å². The molecule has 6 heteroatoms. The van der Waals surface area contributed by atoms with Crippen LogP contribution in [0.4, 0.5) is 5.82 Å². The van der Waals surface area contributed by atoms with Crippen molar-refractivity contribution in [2.45, 2.75) is 27.3 Å². The second-order valence-corrected chi connectivity index (χ2v) is 5.82. The second-order valence-electron chi connectivity index (χ2n) is 4.38. The molecular weight excluding hydrogens is 276 g/mol. The van der Waals surface area contributed by atoms with Gasteiger partial charge in [-0.1, -0.05) is 12.2 Å². The second kappa shape index (κ2) is 5.63. The monoisotopic (exact) mass is 292 g/mol. The smallest absolute Gasteiger partial charge is 0.159 e. The molecule has 0 amide bonds. The number of anilines is 1. The van der Waals surface area contributed by atoms with E-state index in [1.165, 1.54) is 10.4 Å². The van der Waals surface area contributed by atoms with Crippen LogP contribution in [0.25, 0.3) is 0 Å². The van der Waals surface area contributed by atoms with E-state index in [9.17, 15) is 0 Å². The third kappa shape index (κ3) is 2.90. The number of thiocarbonyl (C=S) groups is 1. The van der Waals surface area contributed by atoms with E-state index in [0.29, 0.717) is 17.4 Å². The predicted molar refractivity (Wildman–Crippen MR) is 83.8 cm³/mol. The highest BCUT2D eigenvalue weighted by molar-refractivity contribution is 7.80. The molecule has 4 nitrogen and oxygen atoms in total. The van der Waals surface area contributed by atoms with Crippen molar-refractivity contribution < 1.29 is 0 Å². The van der Waals surface area contributed by atoms with Crippen LogP contribution in [0.5, 0.6) is 0 Å². The van der Waals surface area contributed by atoms with Crippen LogP contribution < -0.4 is 11.1 Å². The van der Waals surface area contributed by atoms with Gasteiger partial charge in [-0.15, -0.1) is 16.4 Å². The lowest BCUT2D eigenvalue weighted by atomic mass is 10.1. The van der Waals surface area contributed by atoms with Crippen molar-refractivity contribution in [2.24, 2.45) is 5.73 Å². The first-order chi connectivity index (χ1) is 9.00. The largest absolute Gasteiger partial charge is 0.389 e. The van der Waals surface area contributed by atoms with E-state index in [1.807, 2.05) is 13.8 Å². The Balaban J connectivity index is 2.28. The van der Waals surface area contributed by atoms with Crippen molar-refractivity contribution in [1.82, 2.24) is 10.2 Å². The highest BCUT2D eigenvalue weighted by atomic mass is 32.1. The van der Waals surface area contributed by atoms with Crippen LogP contribution in [0, 0.1) is 20.8 Å². The fourth-order valence-corrected chi connectivity index (χ4v) is 2.88. The van der Waals surface area contributed by atoms with Gasteiger partial charge in [0.25, 0.3) is 0 Å². The van der Waals surface area contributed by atoms with E-state index in [4.69, 9.17) is 18.0 Å². The Morgan fingerprint density at radius 3 is 2.68 bits per heavy atom. The minimum atomic E-state index is 0.348. The van der Waals surface area contributed by atoms with Crippen molar-refractivity contribution in [1.29, 1.82) is 0 Å². The van der Waals surface area contributed by atoms with Gasteiger partial charge in [-0.25, -0.2) is 0 Å². The highest BCUT2D eigenvalue weighted by Gasteiger charge is 2.13. The molecular formula is C13H16N4S2. The molecule has 0 unspecified atom stereocenters. The van der Waals surface area contributed by atoms with Crippen molar-refractivity contribution in [3.05, 3.63) is 38.7 Å². The van der Waals surface area contributed by atoms with Crippen molar-refractivity contribution in [3.8, 4) is 0 Å². The van der Waals surface area contributed by atoms with E-state index in [0.717, 1.165) is 16.8 Å². The molecule has 0 spiro atoms. The molecule has 0 saturated carbocycles. The molecule has 19 heavy (non-hydrogen) atoms. The lowest BCUT2D eigenvalue weighted by molar-refractivity contribution is 0.945. The number of hydrogen-bond acceptors (Lipinski definition) is 5. The van der Waals surface area contributed by atoms with Crippen molar-refractivity contribution in [2.75, 3.05) is 5.32 Å². The molecule has 2 aromatic rings. The minimum Gasteiger partial charge on any atom is -0.389 e. The number of nitrogens with one attached hydrogen (secondary N) is 1. The van der Waals surface area contributed by atoms with Crippen LogP contribution in [-0.4, -0.2) is 15.2 Å². The first-order valence-electron chi connectivity index (χ1n) is 5.91. The molecule has 0 aliphatic carbocycles. The van der Waals surface area contributed by atoms with Gasteiger partial charge in [0.05, 0.1) is 17.8 Å². The van der Waals surface area contributed by atoms with Crippen LogP contribution in [0.3, 0.4) is 0 Å². The van der Waals surface area contributed by atoms with Gasteiger partial charge >= 0.3 is 0 Å². The van der Waals surface area contributed by atoms with Crippen LogP contribution in [0.2, 0.25) is 0 Å². The summed E-state index contributed by atoms with van der Waals surface area (Å²) in [6, 6.07) is 2.10. The molecule has 0 radical (unpaired) electrons. The van der Waals surface area contributed by atoms with Gasteiger partial charge in [-0.05, 0) is 43.3 Å². The van der Waals surface area contributed by atoms with Gasteiger partial charge in [0.2, 0.25) is 0 Å². The molecule has 100 valence electrons. The topological polar surface area (TPSA) is 63.8 Å². The molecule has 2 rings (SSSR count). The maximum Gasteiger partial charge on any atom is 0.159 e. The third-order valence-corrected chi connectivity index (χ3v) is 4.31. The summed E-state index contributed by atoms with van der Waals surface area (Å²) in [7, 11) is 0. The van der Waals surface area contributed by atoms with E-state index in [1.54, 1.807) is 11.3 Å². The summed E-state index contributed by atoms with van der Waals surface area (Å²) in [5.41, 5.74) is 9.67. The molecule has 2 heterocycles. The van der Waals surface area contributed by atoms with E-state index < -0.39 is 0 Å². The van der Waals surface area contributed by atoms with Gasteiger partial charge in [0, 0.05) is 4.88 Å². The number of hydrogen-bond donors (Lipinski definition) is 2. The summed E-state index contributed by atoms with van der Waals surface area (Å²) in [5, 5.41) is 13.6. The Morgan fingerprint density at radius 2 is 2.11 bits per heavy atom. The van der Waals surface area contributed by atoms with E-state index in [-0.39, 0.29) is 0 Å². The summed E-state index contributed by atoms with van der Waals surface area (Å²) in [6.45, 7) is 6.65. The summed E-state index contributed by atoms with van der Waals surface area (Å²) in [5.74, 6) is 0.656. The normalized spacial score (nSPS) is 10.5. The van der Waals surface area contributed by atoms with Crippen LogP contribution in [-0.2, 0) is 6.54 Å². The third-order valence-electron chi connectivity index (χ3n) is 3.09. The fraction of sp³-hybridized carbons (Fsp3) is 0.308. The number of nitrogens with zero attached hydrogens (tertiary/aromatic N) is 2. The van der Waals surface area contributed by atoms with Crippen LogP contribution in [0.1, 0.15) is 27.3 Å². The average molecular weight is 292 g/mol. The number of thiophene rings is 1. The Labute approximate surface area is 122 Å². The summed E-state index contributed by atoms with van der Waals surface area (Å²) in [4.78, 5) is 1.62. The zero-order valence-electron chi connectivity index (χ0n) is 11.2. The van der Waals surface area contributed by atoms with Crippen LogP contribution >= 0.6 is 23.6 Å². The first kappa shape index (κ1) is 13.9. The summed E-state index contributed by atoms with van der Waals surface area (Å²) in [6.07, 6.45) is 0. The molecule has 0 fully saturated rings. The lowest BCUT2D eigenvalue weighted by Gasteiger charge is -2.12. The predicted octanol–water partition coefficient (Wildman–Crippen LogP) is 2.71. The van der Waals surface area contributed by atoms with E-state index in [2.05, 4.69) is 33.9 Å². The SMILES string of the molecule is Cc1ccsc1CNc1nnc(C)c(C)c1C(N)=S. The number of nitrogens with two attached hydrogens (primary N) is 1. The molecule has 0 saturated heterocycles. The molecule has 0 aliphatic rings. The zero-order chi connectivity index (χ0) is 14.0.